The Morgan fingerprint density at radius 2 is 0.450 bits per heavy atom. The maximum absolute atomic E-state index is 5.91. The molecular formula is C36H36O4. The van der Waals surface area contributed by atoms with Crippen molar-refractivity contribution in [3.63, 3.8) is 0 Å². The van der Waals surface area contributed by atoms with Crippen LogP contribution in [0.4, 0.5) is 0 Å². The summed E-state index contributed by atoms with van der Waals surface area (Å²) in [5.41, 5.74) is 0. The molecule has 0 amide bonds. The van der Waals surface area contributed by atoms with Crippen LogP contribution in [0.5, 0.6) is 23.0 Å². The van der Waals surface area contributed by atoms with Crippen molar-refractivity contribution in [2.24, 2.45) is 0 Å². The Hall–Kier alpha value is -4.44. The molecule has 0 unspecified atom stereocenters. The van der Waals surface area contributed by atoms with Crippen LogP contribution in [-0.2, 0) is 0 Å². The Morgan fingerprint density at radius 1 is 0.300 bits per heavy atom. The Balaban J connectivity index is 0.000000161. The maximum Gasteiger partial charge on any atom is 0.135 e. The first-order valence-corrected chi connectivity index (χ1v) is 14.1. The van der Waals surface area contributed by atoms with Crippen molar-refractivity contribution in [2.45, 2.75) is 27.7 Å². The van der Waals surface area contributed by atoms with Gasteiger partial charge in [-0.15, -0.1) is 0 Å². The Bertz CT molecular complexity index is 1380. The minimum Gasteiger partial charge on any atom is -0.493 e. The van der Waals surface area contributed by atoms with Gasteiger partial charge >= 0.3 is 0 Å². The molecule has 0 aliphatic rings. The molecule has 6 aromatic carbocycles. The first kappa shape index (κ1) is 27.1. The third-order valence-corrected chi connectivity index (χ3v) is 6.82. The summed E-state index contributed by atoms with van der Waals surface area (Å²) in [4.78, 5) is 0. The van der Waals surface area contributed by atoms with Gasteiger partial charge in [0.1, 0.15) is 23.0 Å². The highest BCUT2D eigenvalue weighted by atomic mass is 16.5. The van der Waals surface area contributed by atoms with Crippen LogP contribution < -0.4 is 18.9 Å². The van der Waals surface area contributed by atoms with E-state index in [1.165, 1.54) is 0 Å². The zero-order valence-corrected chi connectivity index (χ0v) is 23.7. The zero-order chi connectivity index (χ0) is 27.9. The van der Waals surface area contributed by atoms with Crippen LogP contribution in [0.1, 0.15) is 27.7 Å². The third-order valence-electron chi connectivity index (χ3n) is 6.82. The molecule has 0 heterocycles. The lowest BCUT2D eigenvalue weighted by Crippen LogP contribution is -1.98. The summed E-state index contributed by atoms with van der Waals surface area (Å²) in [6.45, 7) is 10.7. The van der Waals surface area contributed by atoms with Crippen LogP contribution in [0, 0.1) is 0 Å². The minimum atomic E-state index is 0.655. The highest BCUT2D eigenvalue weighted by Crippen LogP contribution is 2.43. The minimum absolute atomic E-state index is 0.655. The predicted octanol–water partition coefficient (Wildman–Crippen LogP) is 9.58. The number of hydrogen-bond donors (Lipinski definition) is 0. The number of hydrogen-bond acceptors (Lipinski definition) is 4. The van der Waals surface area contributed by atoms with Gasteiger partial charge in [-0.3, -0.25) is 0 Å². The lowest BCUT2D eigenvalue weighted by Gasteiger charge is -2.16. The highest BCUT2D eigenvalue weighted by molar-refractivity contribution is 6.12. The van der Waals surface area contributed by atoms with E-state index in [0.717, 1.165) is 66.1 Å². The molecule has 0 aliphatic carbocycles. The third kappa shape index (κ3) is 5.10. The van der Waals surface area contributed by atoms with E-state index in [-0.39, 0.29) is 0 Å². The molecule has 0 aliphatic heterocycles. The van der Waals surface area contributed by atoms with Gasteiger partial charge in [-0.2, -0.15) is 0 Å². The molecule has 4 heteroatoms. The molecule has 0 spiro atoms. The first-order valence-electron chi connectivity index (χ1n) is 14.1. The molecule has 6 aromatic rings. The first-order chi connectivity index (χ1) is 19.7. The van der Waals surface area contributed by atoms with Crippen molar-refractivity contribution in [1.82, 2.24) is 0 Å². The average Bonchev–Trinajstić information content (AvgIpc) is 3.01. The van der Waals surface area contributed by atoms with Gasteiger partial charge in [-0.25, -0.2) is 0 Å². The molecule has 0 saturated carbocycles. The van der Waals surface area contributed by atoms with Crippen molar-refractivity contribution in [3.05, 3.63) is 97.1 Å². The van der Waals surface area contributed by atoms with Crippen molar-refractivity contribution in [2.75, 3.05) is 26.4 Å². The molecule has 0 fully saturated rings. The Labute approximate surface area is 236 Å². The Morgan fingerprint density at radius 3 is 0.575 bits per heavy atom. The average molecular weight is 533 g/mol. The molecule has 0 bridgehead atoms. The summed E-state index contributed by atoms with van der Waals surface area (Å²) in [5.74, 6) is 3.79. The molecule has 0 N–H and O–H groups in total. The number of ether oxygens (including phenoxy) is 4. The topological polar surface area (TPSA) is 36.9 Å². The molecule has 204 valence electrons. The number of fused-ring (bicyclic) bond motifs is 4. The van der Waals surface area contributed by atoms with Gasteiger partial charge in [0.2, 0.25) is 0 Å². The second-order valence-electron chi connectivity index (χ2n) is 9.23. The monoisotopic (exact) mass is 532 g/mol. The van der Waals surface area contributed by atoms with Crippen molar-refractivity contribution >= 4 is 43.1 Å². The SMILES string of the molecule is CCOc1c2ccccc2c(OCC)c2ccccc12.CCOc1c2ccccc2c(OCC)c2ccccc12. The summed E-state index contributed by atoms with van der Waals surface area (Å²) in [6, 6.07) is 33.0. The molecule has 40 heavy (non-hydrogen) atoms. The van der Waals surface area contributed by atoms with Crippen LogP contribution in [0.3, 0.4) is 0 Å². The van der Waals surface area contributed by atoms with Gasteiger partial charge in [0.25, 0.3) is 0 Å². The molecule has 0 aromatic heterocycles. The second kappa shape index (κ2) is 12.6. The van der Waals surface area contributed by atoms with E-state index in [1.54, 1.807) is 0 Å². The van der Waals surface area contributed by atoms with Crippen LogP contribution in [0.2, 0.25) is 0 Å². The summed E-state index contributed by atoms with van der Waals surface area (Å²) in [6.07, 6.45) is 0. The van der Waals surface area contributed by atoms with Crippen LogP contribution in [0.25, 0.3) is 43.1 Å². The van der Waals surface area contributed by atoms with Gasteiger partial charge in [0.15, 0.2) is 0 Å². The summed E-state index contributed by atoms with van der Waals surface area (Å²) < 4.78 is 23.6. The maximum atomic E-state index is 5.91. The molecule has 6 rings (SSSR count). The van der Waals surface area contributed by atoms with Crippen molar-refractivity contribution in [3.8, 4) is 23.0 Å². The number of benzene rings is 6. The summed E-state index contributed by atoms with van der Waals surface area (Å²) >= 11 is 0. The quantitative estimate of drug-likeness (QED) is 0.183. The van der Waals surface area contributed by atoms with Gasteiger partial charge in [0.05, 0.1) is 26.4 Å². The Kier molecular flexibility index (Phi) is 8.56. The normalized spacial score (nSPS) is 10.9. The van der Waals surface area contributed by atoms with Crippen LogP contribution in [-0.4, -0.2) is 26.4 Å². The van der Waals surface area contributed by atoms with Gasteiger partial charge in [-0.1, -0.05) is 97.1 Å². The molecular weight excluding hydrogens is 496 g/mol. The van der Waals surface area contributed by atoms with Crippen LogP contribution >= 0.6 is 0 Å². The molecule has 4 nitrogen and oxygen atoms in total. The van der Waals surface area contributed by atoms with Crippen molar-refractivity contribution < 1.29 is 18.9 Å². The fraction of sp³-hybridized carbons (Fsp3) is 0.222. The van der Waals surface area contributed by atoms with E-state index >= 15 is 0 Å². The molecule has 0 saturated heterocycles. The van der Waals surface area contributed by atoms with Gasteiger partial charge < -0.3 is 18.9 Å². The van der Waals surface area contributed by atoms with Crippen LogP contribution in [0.15, 0.2) is 97.1 Å². The molecule has 0 radical (unpaired) electrons. The summed E-state index contributed by atoms with van der Waals surface area (Å²) in [7, 11) is 0. The molecule has 0 atom stereocenters. The van der Waals surface area contributed by atoms with Gasteiger partial charge in [0, 0.05) is 43.1 Å². The van der Waals surface area contributed by atoms with Crippen molar-refractivity contribution in [1.29, 1.82) is 0 Å². The van der Waals surface area contributed by atoms with E-state index in [1.807, 2.05) is 76.2 Å². The zero-order valence-electron chi connectivity index (χ0n) is 23.7. The largest absolute Gasteiger partial charge is 0.493 e. The van der Waals surface area contributed by atoms with E-state index < -0.39 is 0 Å². The second-order valence-corrected chi connectivity index (χ2v) is 9.23. The van der Waals surface area contributed by atoms with E-state index in [2.05, 4.69) is 48.5 Å². The standard InChI is InChI=1S/2C18H18O2/c2*1-3-19-17-13-9-5-7-11-15(13)18(20-4-2)16-12-8-6-10-14(16)17/h2*5-12H,3-4H2,1-2H3. The predicted molar refractivity (Wildman–Crippen MR) is 168 cm³/mol. The van der Waals surface area contributed by atoms with E-state index in [9.17, 15) is 0 Å². The van der Waals surface area contributed by atoms with E-state index in [4.69, 9.17) is 18.9 Å². The smallest absolute Gasteiger partial charge is 0.135 e. The number of rotatable bonds is 8. The van der Waals surface area contributed by atoms with E-state index in [0.29, 0.717) is 26.4 Å². The van der Waals surface area contributed by atoms with Gasteiger partial charge in [-0.05, 0) is 27.7 Å². The highest BCUT2D eigenvalue weighted by Gasteiger charge is 2.16. The fourth-order valence-electron chi connectivity index (χ4n) is 5.30. The lowest BCUT2D eigenvalue weighted by atomic mass is 10.0. The lowest BCUT2D eigenvalue weighted by molar-refractivity contribution is 0.342. The fourth-order valence-corrected chi connectivity index (χ4v) is 5.30. The summed E-state index contributed by atoms with van der Waals surface area (Å²) in [5, 5.41) is 8.86.